The molecule has 0 radical (unpaired) electrons. The number of aliphatic carboxylic acids is 1. The van der Waals surface area contributed by atoms with Crippen LogP contribution in [0.25, 0.3) is 10.8 Å². The first-order chi connectivity index (χ1) is 10.6. The molecule has 3 unspecified atom stereocenters. The van der Waals surface area contributed by atoms with Gasteiger partial charge in [0.05, 0.1) is 0 Å². The van der Waals surface area contributed by atoms with Gasteiger partial charge in [-0.1, -0.05) is 42.5 Å². The number of fused-ring (bicyclic) bond motifs is 1. The molecule has 1 fully saturated rings. The van der Waals surface area contributed by atoms with Crippen LogP contribution < -0.4 is 5.32 Å². The third-order valence-electron chi connectivity index (χ3n) is 4.12. The quantitative estimate of drug-likeness (QED) is 0.891. The summed E-state index contributed by atoms with van der Waals surface area (Å²) in [6.45, 7) is -1.10. The second kappa shape index (κ2) is 5.75. The molecule has 2 aromatic carbocycles. The molecule has 4 nitrogen and oxygen atoms in total. The first-order valence-corrected chi connectivity index (χ1v) is 7.18. The van der Waals surface area contributed by atoms with Crippen LogP contribution in [0, 0.1) is 5.92 Å². The molecule has 5 heteroatoms. The number of nitrogens with one attached hydrogen (secondary N) is 1. The lowest BCUT2D eigenvalue weighted by Gasteiger charge is -2.11. The van der Waals surface area contributed by atoms with E-state index < -0.39 is 18.7 Å². The number of carboxylic acids is 1. The molecule has 0 bridgehead atoms. The topological polar surface area (TPSA) is 66.4 Å². The lowest BCUT2D eigenvalue weighted by atomic mass is 10.00. The van der Waals surface area contributed by atoms with Crippen LogP contribution in [-0.4, -0.2) is 29.7 Å². The van der Waals surface area contributed by atoms with Crippen molar-refractivity contribution in [3.05, 3.63) is 48.0 Å². The molecule has 114 valence electrons. The number of rotatable bonds is 5. The van der Waals surface area contributed by atoms with E-state index in [0.717, 1.165) is 16.3 Å². The fraction of sp³-hybridized carbons (Fsp3) is 0.294. The van der Waals surface area contributed by atoms with Crippen LogP contribution >= 0.6 is 0 Å². The smallest absolute Gasteiger partial charge is 0.328 e. The summed E-state index contributed by atoms with van der Waals surface area (Å²) >= 11 is 0. The van der Waals surface area contributed by atoms with Gasteiger partial charge in [-0.3, -0.25) is 4.79 Å². The minimum atomic E-state index is -1.46. The van der Waals surface area contributed by atoms with Crippen molar-refractivity contribution in [2.24, 2.45) is 5.92 Å². The van der Waals surface area contributed by atoms with Crippen molar-refractivity contribution in [2.75, 3.05) is 6.67 Å². The Kier molecular flexibility index (Phi) is 3.79. The fourth-order valence-electron chi connectivity index (χ4n) is 2.85. The average Bonchev–Trinajstić information content (AvgIpc) is 3.32. The van der Waals surface area contributed by atoms with Gasteiger partial charge in [0.1, 0.15) is 6.67 Å². The summed E-state index contributed by atoms with van der Waals surface area (Å²) in [5, 5.41) is 13.3. The SMILES string of the molecule is O=C(O)C(CF)NC(=O)C1CC1c1cccc2ccccc12. The van der Waals surface area contributed by atoms with Crippen LogP contribution in [0.3, 0.4) is 0 Å². The Labute approximate surface area is 126 Å². The fourth-order valence-corrected chi connectivity index (χ4v) is 2.85. The van der Waals surface area contributed by atoms with Crippen LogP contribution in [0.5, 0.6) is 0 Å². The molecule has 0 spiro atoms. The largest absolute Gasteiger partial charge is 0.480 e. The summed E-state index contributed by atoms with van der Waals surface area (Å²) in [4.78, 5) is 22.8. The number of carbonyl (C=O) groups excluding carboxylic acids is 1. The Morgan fingerprint density at radius 1 is 1.23 bits per heavy atom. The normalized spacial score (nSPS) is 21.3. The molecule has 1 saturated carbocycles. The predicted molar refractivity (Wildman–Crippen MR) is 80.3 cm³/mol. The summed E-state index contributed by atoms with van der Waals surface area (Å²) in [5.41, 5.74) is 1.09. The number of amides is 1. The standard InChI is InChI=1S/C17H16FNO3/c18-9-15(17(21)22)19-16(20)14-8-13(14)12-7-3-5-10-4-1-2-6-11(10)12/h1-7,13-15H,8-9H2,(H,19,20)(H,21,22). The monoisotopic (exact) mass is 301 g/mol. The first-order valence-electron chi connectivity index (χ1n) is 7.18. The van der Waals surface area contributed by atoms with Gasteiger partial charge in [0, 0.05) is 5.92 Å². The number of carboxylic acid groups (broad SMARTS) is 1. The maximum atomic E-state index is 12.6. The van der Waals surface area contributed by atoms with Crippen molar-refractivity contribution in [3.63, 3.8) is 0 Å². The molecule has 2 N–H and O–H groups in total. The van der Waals surface area contributed by atoms with E-state index in [9.17, 15) is 14.0 Å². The average molecular weight is 301 g/mol. The van der Waals surface area contributed by atoms with Crippen molar-refractivity contribution in [1.82, 2.24) is 5.32 Å². The molecule has 0 aromatic heterocycles. The summed E-state index contributed by atoms with van der Waals surface area (Å²) in [6.07, 6.45) is 0.665. The van der Waals surface area contributed by atoms with Crippen molar-refractivity contribution >= 4 is 22.6 Å². The maximum Gasteiger partial charge on any atom is 0.328 e. The lowest BCUT2D eigenvalue weighted by molar-refractivity contribution is -0.142. The van der Waals surface area contributed by atoms with Crippen LogP contribution in [-0.2, 0) is 9.59 Å². The van der Waals surface area contributed by atoms with Gasteiger partial charge in [-0.25, -0.2) is 9.18 Å². The number of halogens is 1. The van der Waals surface area contributed by atoms with E-state index in [0.29, 0.717) is 6.42 Å². The van der Waals surface area contributed by atoms with Gasteiger partial charge < -0.3 is 10.4 Å². The number of hydrogen-bond acceptors (Lipinski definition) is 2. The van der Waals surface area contributed by atoms with Crippen LogP contribution in [0.4, 0.5) is 4.39 Å². The first kappa shape index (κ1) is 14.5. The Bertz CT molecular complexity index is 725. The zero-order valence-corrected chi connectivity index (χ0v) is 11.8. The molecule has 1 aliphatic rings. The van der Waals surface area contributed by atoms with E-state index >= 15 is 0 Å². The molecule has 3 atom stereocenters. The molecule has 22 heavy (non-hydrogen) atoms. The van der Waals surface area contributed by atoms with Crippen LogP contribution in [0.15, 0.2) is 42.5 Å². The highest BCUT2D eigenvalue weighted by molar-refractivity contribution is 5.91. The number of hydrogen-bond donors (Lipinski definition) is 2. The number of carbonyl (C=O) groups is 2. The van der Waals surface area contributed by atoms with Gasteiger partial charge >= 0.3 is 5.97 Å². The molecular formula is C17H16FNO3. The third kappa shape index (κ3) is 2.66. The second-order valence-electron chi connectivity index (χ2n) is 5.57. The Morgan fingerprint density at radius 2 is 1.95 bits per heavy atom. The van der Waals surface area contributed by atoms with Gasteiger partial charge in [0.15, 0.2) is 6.04 Å². The molecule has 1 aliphatic carbocycles. The zero-order chi connectivity index (χ0) is 15.7. The second-order valence-corrected chi connectivity index (χ2v) is 5.57. The maximum absolute atomic E-state index is 12.6. The third-order valence-corrected chi connectivity index (χ3v) is 4.12. The van der Waals surface area contributed by atoms with E-state index in [-0.39, 0.29) is 17.7 Å². The molecule has 0 heterocycles. The highest BCUT2D eigenvalue weighted by Gasteiger charge is 2.45. The highest BCUT2D eigenvalue weighted by Crippen LogP contribution is 2.49. The minimum Gasteiger partial charge on any atom is -0.480 e. The van der Waals surface area contributed by atoms with E-state index in [1.54, 1.807) is 0 Å². The van der Waals surface area contributed by atoms with Crippen LogP contribution in [0.1, 0.15) is 17.9 Å². The van der Waals surface area contributed by atoms with E-state index in [1.165, 1.54) is 0 Å². The Hall–Kier alpha value is -2.43. The number of alkyl halides is 1. The van der Waals surface area contributed by atoms with Crippen molar-refractivity contribution in [2.45, 2.75) is 18.4 Å². The predicted octanol–water partition coefficient (Wildman–Crippen LogP) is 2.48. The Morgan fingerprint density at radius 3 is 2.68 bits per heavy atom. The van der Waals surface area contributed by atoms with Crippen molar-refractivity contribution in [1.29, 1.82) is 0 Å². The summed E-state index contributed by atoms with van der Waals surface area (Å²) < 4.78 is 12.6. The van der Waals surface area contributed by atoms with Gasteiger partial charge in [-0.15, -0.1) is 0 Å². The molecule has 1 amide bonds. The summed E-state index contributed by atoms with van der Waals surface area (Å²) in [6, 6.07) is 12.4. The van der Waals surface area contributed by atoms with Gasteiger partial charge in [0.2, 0.25) is 5.91 Å². The molecular weight excluding hydrogens is 285 g/mol. The zero-order valence-electron chi connectivity index (χ0n) is 11.8. The van der Waals surface area contributed by atoms with E-state index in [2.05, 4.69) is 5.32 Å². The molecule has 0 aliphatic heterocycles. The van der Waals surface area contributed by atoms with Gasteiger partial charge in [-0.2, -0.15) is 0 Å². The Balaban J connectivity index is 1.76. The molecule has 2 aromatic rings. The highest BCUT2D eigenvalue weighted by atomic mass is 19.1. The summed E-state index contributed by atoms with van der Waals surface area (Å²) in [5.74, 6) is -1.94. The minimum absolute atomic E-state index is 0.0696. The van der Waals surface area contributed by atoms with E-state index in [1.807, 2.05) is 42.5 Å². The van der Waals surface area contributed by atoms with E-state index in [4.69, 9.17) is 5.11 Å². The molecule has 0 saturated heterocycles. The summed E-state index contributed by atoms with van der Waals surface area (Å²) in [7, 11) is 0. The van der Waals surface area contributed by atoms with Crippen LogP contribution in [0.2, 0.25) is 0 Å². The van der Waals surface area contributed by atoms with Crippen molar-refractivity contribution < 1.29 is 19.1 Å². The lowest BCUT2D eigenvalue weighted by Crippen LogP contribution is -2.43. The van der Waals surface area contributed by atoms with Gasteiger partial charge in [0.25, 0.3) is 0 Å². The molecule has 3 rings (SSSR count). The van der Waals surface area contributed by atoms with Crippen molar-refractivity contribution in [3.8, 4) is 0 Å². The number of benzene rings is 2. The van der Waals surface area contributed by atoms with Gasteiger partial charge in [-0.05, 0) is 28.7 Å².